The Morgan fingerprint density at radius 3 is 2.75 bits per heavy atom. The van der Waals surface area contributed by atoms with Gasteiger partial charge in [0.15, 0.2) is 0 Å². The molecule has 1 nitrogen and oxygen atoms in total. The average molecular weight is 335 g/mol. The maximum Gasteiger partial charge on any atom is 0.126 e. The lowest BCUT2D eigenvalue weighted by atomic mass is 9.98. The summed E-state index contributed by atoms with van der Waals surface area (Å²) in [6.07, 6.45) is 2.09. The quantitative estimate of drug-likeness (QED) is 0.855. The predicted molar refractivity (Wildman–Crippen MR) is 81.2 cm³/mol. The van der Waals surface area contributed by atoms with Crippen molar-refractivity contribution in [2.45, 2.75) is 31.3 Å². The van der Waals surface area contributed by atoms with Crippen molar-refractivity contribution in [2.75, 3.05) is 0 Å². The molecular formula is C17H16BrFO. The molecule has 1 aliphatic carbocycles. The molecule has 3 rings (SSSR count). The van der Waals surface area contributed by atoms with Crippen LogP contribution in [0.5, 0.6) is 0 Å². The Kier molecular flexibility index (Phi) is 3.90. The highest BCUT2D eigenvalue weighted by Crippen LogP contribution is 2.40. The van der Waals surface area contributed by atoms with E-state index in [9.17, 15) is 9.50 Å². The van der Waals surface area contributed by atoms with Crippen LogP contribution >= 0.6 is 15.9 Å². The number of rotatable bonds is 4. The maximum atomic E-state index is 13.7. The lowest BCUT2D eigenvalue weighted by molar-refractivity contribution is 0.177. The smallest absolute Gasteiger partial charge is 0.126 e. The number of aliphatic hydroxyl groups excluding tert-OH is 1. The van der Waals surface area contributed by atoms with Gasteiger partial charge in [-0.2, -0.15) is 0 Å². The summed E-state index contributed by atoms with van der Waals surface area (Å²) in [6.45, 7) is 0. The molecule has 0 aliphatic heterocycles. The molecule has 2 aromatic carbocycles. The molecule has 1 fully saturated rings. The van der Waals surface area contributed by atoms with E-state index < -0.39 is 6.10 Å². The van der Waals surface area contributed by atoms with Crippen molar-refractivity contribution < 1.29 is 9.50 Å². The fourth-order valence-corrected chi connectivity index (χ4v) is 2.87. The van der Waals surface area contributed by atoms with E-state index in [0.29, 0.717) is 17.9 Å². The molecule has 1 unspecified atom stereocenters. The monoisotopic (exact) mass is 334 g/mol. The number of benzene rings is 2. The van der Waals surface area contributed by atoms with Crippen molar-refractivity contribution in [3.8, 4) is 0 Å². The molecule has 0 bridgehead atoms. The highest BCUT2D eigenvalue weighted by atomic mass is 79.9. The molecule has 104 valence electrons. The Hall–Kier alpha value is -1.19. The second-order valence-corrected chi connectivity index (χ2v) is 6.32. The van der Waals surface area contributed by atoms with E-state index >= 15 is 0 Å². The van der Waals surface area contributed by atoms with Gasteiger partial charge in [0.1, 0.15) is 5.82 Å². The summed E-state index contributed by atoms with van der Waals surface area (Å²) in [4.78, 5) is 0. The van der Waals surface area contributed by atoms with E-state index in [1.54, 1.807) is 12.1 Å². The largest absolute Gasteiger partial charge is 0.388 e. The molecule has 0 spiro atoms. The predicted octanol–water partition coefficient (Wildman–Crippen LogP) is 4.74. The second-order valence-electron chi connectivity index (χ2n) is 5.40. The zero-order valence-electron chi connectivity index (χ0n) is 11.0. The zero-order chi connectivity index (χ0) is 14.1. The lowest BCUT2D eigenvalue weighted by Crippen LogP contribution is -2.04. The second kappa shape index (κ2) is 5.66. The van der Waals surface area contributed by atoms with Crippen LogP contribution in [0.3, 0.4) is 0 Å². The Morgan fingerprint density at radius 1 is 1.20 bits per heavy atom. The van der Waals surface area contributed by atoms with E-state index in [4.69, 9.17) is 0 Å². The number of halogens is 2. The molecular weight excluding hydrogens is 319 g/mol. The van der Waals surface area contributed by atoms with Crippen molar-refractivity contribution in [3.05, 3.63) is 69.4 Å². The maximum absolute atomic E-state index is 13.7. The fourth-order valence-electron chi connectivity index (χ4n) is 2.46. The van der Waals surface area contributed by atoms with E-state index in [0.717, 1.165) is 10.0 Å². The average Bonchev–Trinajstić information content (AvgIpc) is 3.27. The van der Waals surface area contributed by atoms with Crippen LogP contribution in [0.4, 0.5) is 4.39 Å². The van der Waals surface area contributed by atoms with Crippen LogP contribution in [0.1, 0.15) is 41.6 Å². The zero-order valence-corrected chi connectivity index (χ0v) is 12.6. The summed E-state index contributed by atoms with van der Waals surface area (Å²) in [5.74, 6) is 0.385. The van der Waals surface area contributed by atoms with Gasteiger partial charge in [0.25, 0.3) is 0 Å². The minimum absolute atomic E-state index is 0.273. The van der Waals surface area contributed by atoms with Crippen molar-refractivity contribution in [1.29, 1.82) is 0 Å². The van der Waals surface area contributed by atoms with Gasteiger partial charge in [-0.1, -0.05) is 40.2 Å². The minimum atomic E-state index is -0.669. The molecule has 20 heavy (non-hydrogen) atoms. The highest BCUT2D eigenvalue weighted by Gasteiger charge is 2.24. The van der Waals surface area contributed by atoms with Gasteiger partial charge < -0.3 is 5.11 Å². The molecule has 1 atom stereocenters. The van der Waals surface area contributed by atoms with Gasteiger partial charge in [0, 0.05) is 10.9 Å². The summed E-state index contributed by atoms with van der Waals surface area (Å²) in [6, 6.07) is 12.9. The molecule has 0 heterocycles. The molecule has 1 aliphatic rings. The van der Waals surface area contributed by atoms with E-state index in [1.165, 1.54) is 24.5 Å². The van der Waals surface area contributed by atoms with Gasteiger partial charge in [-0.15, -0.1) is 0 Å². The number of hydrogen-bond acceptors (Lipinski definition) is 1. The van der Waals surface area contributed by atoms with Gasteiger partial charge in [-0.3, -0.25) is 0 Å². The first kappa shape index (κ1) is 13.8. The third-order valence-electron chi connectivity index (χ3n) is 3.77. The number of hydrogen-bond donors (Lipinski definition) is 1. The van der Waals surface area contributed by atoms with Crippen LogP contribution in [-0.2, 0) is 6.42 Å². The lowest BCUT2D eigenvalue weighted by Gasteiger charge is -2.13. The minimum Gasteiger partial charge on any atom is -0.388 e. The van der Waals surface area contributed by atoms with Crippen LogP contribution < -0.4 is 0 Å². The van der Waals surface area contributed by atoms with Gasteiger partial charge in [0.2, 0.25) is 0 Å². The normalized spacial score (nSPS) is 16.1. The van der Waals surface area contributed by atoms with Crippen molar-refractivity contribution in [3.63, 3.8) is 0 Å². The van der Waals surface area contributed by atoms with Crippen LogP contribution in [0.2, 0.25) is 0 Å². The first-order chi connectivity index (χ1) is 9.63. The standard InChI is InChI=1S/C17H16BrFO/c18-15-6-7-16(19)14(9-15)10-17(20)13-3-1-2-12(8-13)11-4-5-11/h1-3,6-9,11,17,20H,4-5,10H2. The van der Waals surface area contributed by atoms with Gasteiger partial charge in [0.05, 0.1) is 6.10 Å². The van der Waals surface area contributed by atoms with Crippen LogP contribution in [-0.4, -0.2) is 5.11 Å². The molecule has 1 N–H and O–H groups in total. The number of aliphatic hydroxyl groups is 1. The highest BCUT2D eigenvalue weighted by molar-refractivity contribution is 9.10. The van der Waals surface area contributed by atoms with E-state index in [1.807, 2.05) is 12.1 Å². The van der Waals surface area contributed by atoms with Crippen molar-refractivity contribution in [1.82, 2.24) is 0 Å². The summed E-state index contributed by atoms with van der Waals surface area (Å²) in [7, 11) is 0. The molecule has 0 aromatic heterocycles. The SMILES string of the molecule is OC(Cc1cc(Br)ccc1F)c1cccc(C2CC2)c1. The molecule has 2 aromatic rings. The summed E-state index contributed by atoms with van der Waals surface area (Å²) in [5.41, 5.74) is 2.69. The van der Waals surface area contributed by atoms with E-state index in [2.05, 4.69) is 28.1 Å². The van der Waals surface area contributed by atoms with Gasteiger partial charge in [-0.05, 0) is 53.6 Å². The third kappa shape index (κ3) is 3.10. The first-order valence-corrected chi connectivity index (χ1v) is 7.64. The van der Waals surface area contributed by atoms with Crippen LogP contribution in [0.15, 0.2) is 46.9 Å². The Labute approximate surface area is 126 Å². The molecule has 0 radical (unpaired) electrons. The summed E-state index contributed by atoms with van der Waals surface area (Å²) >= 11 is 3.33. The Morgan fingerprint density at radius 2 is 2.00 bits per heavy atom. The van der Waals surface area contributed by atoms with Crippen molar-refractivity contribution in [2.24, 2.45) is 0 Å². The van der Waals surface area contributed by atoms with Crippen molar-refractivity contribution >= 4 is 15.9 Å². The Balaban J connectivity index is 1.80. The summed E-state index contributed by atoms with van der Waals surface area (Å²) < 4.78 is 14.6. The van der Waals surface area contributed by atoms with E-state index in [-0.39, 0.29) is 5.82 Å². The molecule has 0 saturated heterocycles. The molecule has 3 heteroatoms. The molecule has 0 amide bonds. The van der Waals surface area contributed by atoms with Gasteiger partial charge in [-0.25, -0.2) is 4.39 Å². The Bertz CT molecular complexity index is 622. The summed E-state index contributed by atoms with van der Waals surface area (Å²) in [5, 5.41) is 10.3. The fraction of sp³-hybridized carbons (Fsp3) is 0.294. The van der Waals surface area contributed by atoms with Gasteiger partial charge >= 0.3 is 0 Å². The topological polar surface area (TPSA) is 20.2 Å². The van der Waals surface area contributed by atoms with Crippen LogP contribution in [0, 0.1) is 5.82 Å². The van der Waals surface area contributed by atoms with Crippen LogP contribution in [0.25, 0.3) is 0 Å². The molecule has 1 saturated carbocycles. The third-order valence-corrected chi connectivity index (χ3v) is 4.26. The first-order valence-electron chi connectivity index (χ1n) is 6.85.